The van der Waals surface area contributed by atoms with Crippen molar-refractivity contribution in [2.45, 2.75) is 5.38 Å². The van der Waals surface area contributed by atoms with Crippen molar-refractivity contribution in [3.05, 3.63) is 41.2 Å². The first-order valence-electron chi connectivity index (χ1n) is 5.82. The molecule has 112 valence electrons. The molecule has 0 bridgehead atoms. The first-order valence-corrected chi connectivity index (χ1v) is 6.26. The summed E-state index contributed by atoms with van der Waals surface area (Å²) in [7, 11) is 2.79. The molecule has 0 aliphatic heterocycles. The second-order valence-electron chi connectivity index (χ2n) is 4.03. The lowest BCUT2D eigenvalue weighted by atomic mass is 10.1. The third-order valence-corrected chi connectivity index (χ3v) is 3.19. The van der Waals surface area contributed by atoms with E-state index < -0.39 is 17.0 Å². The molecule has 0 fully saturated rings. The van der Waals surface area contributed by atoms with Gasteiger partial charge in [-0.15, -0.1) is 11.6 Å². The Kier molecular flexibility index (Phi) is 4.42. The van der Waals surface area contributed by atoms with Gasteiger partial charge in [0.05, 0.1) is 26.0 Å². The van der Waals surface area contributed by atoms with Gasteiger partial charge in [-0.05, 0) is 12.1 Å². The molecule has 0 spiro atoms. The van der Waals surface area contributed by atoms with Gasteiger partial charge in [0.1, 0.15) is 17.0 Å². The minimum Gasteiger partial charge on any atom is -0.481 e. The molecule has 0 saturated carbocycles. The molecule has 8 heteroatoms. The van der Waals surface area contributed by atoms with Crippen LogP contribution in [-0.2, 0) is 0 Å². The van der Waals surface area contributed by atoms with E-state index in [1.807, 2.05) is 0 Å². The van der Waals surface area contributed by atoms with Crippen LogP contribution in [0.2, 0.25) is 0 Å². The van der Waals surface area contributed by atoms with Crippen molar-refractivity contribution in [3.63, 3.8) is 0 Å². The average Bonchev–Trinajstić information content (AvgIpc) is 2.50. The highest BCUT2D eigenvalue weighted by Gasteiger charge is 2.24. The standard InChI is InChI=1S/C13H12ClF2N3O2/c1-20-8-5-9(21-2)19-13(18-8)11(14)10-6(15)3-4-7(16)12(10)17/h3-5,11H,17H2,1-2H3. The Labute approximate surface area is 124 Å². The average molecular weight is 316 g/mol. The minimum absolute atomic E-state index is 0.0101. The lowest BCUT2D eigenvalue weighted by Gasteiger charge is -2.14. The number of nitrogens with zero attached hydrogens (tertiary/aromatic N) is 2. The zero-order chi connectivity index (χ0) is 15.6. The van der Waals surface area contributed by atoms with Crippen LogP contribution in [-0.4, -0.2) is 24.2 Å². The van der Waals surface area contributed by atoms with Gasteiger partial charge in [-0.25, -0.2) is 8.78 Å². The van der Waals surface area contributed by atoms with Crippen molar-refractivity contribution >= 4 is 17.3 Å². The Morgan fingerprint density at radius 3 is 2.14 bits per heavy atom. The molecule has 1 aromatic heterocycles. The maximum absolute atomic E-state index is 13.9. The van der Waals surface area contributed by atoms with E-state index in [0.717, 1.165) is 12.1 Å². The Bertz CT molecular complexity index is 648. The fourth-order valence-electron chi connectivity index (χ4n) is 1.71. The Morgan fingerprint density at radius 1 is 1.10 bits per heavy atom. The van der Waals surface area contributed by atoms with Crippen molar-refractivity contribution in [2.24, 2.45) is 0 Å². The molecule has 5 nitrogen and oxygen atoms in total. The highest BCUT2D eigenvalue weighted by atomic mass is 35.5. The number of ether oxygens (including phenoxy) is 2. The van der Waals surface area contributed by atoms with Gasteiger partial charge in [0, 0.05) is 5.56 Å². The summed E-state index contributed by atoms with van der Waals surface area (Å²) in [6.45, 7) is 0. The molecule has 0 amide bonds. The number of nitrogen functional groups attached to an aromatic ring is 1. The maximum Gasteiger partial charge on any atom is 0.220 e. The molecule has 0 aliphatic rings. The van der Waals surface area contributed by atoms with E-state index in [4.69, 9.17) is 26.8 Å². The third-order valence-electron chi connectivity index (χ3n) is 2.78. The fraction of sp³-hybridized carbons (Fsp3) is 0.231. The lowest BCUT2D eigenvalue weighted by Crippen LogP contribution is -2.09. The van der Waals surface area contributed by atoms with Gasteiger partial charge in [-0.1, -0.05) is 0 Å². The quantitative estimate of drug-likeness (QED) is 0.694. The highest BCUT2D eigenvalue weighted by molar-refractivity contribution is 6.22. The molecule has 1 unspecified atom stereocenters. The molecular weight excluding hydrogens is 304 g/mol. The summed E-state index contributed by atoms with van der Waals surface area (Å²) in [6, 6.07) is 3.29. The number of rotatable bonds is 4. The van der Waals surface area contributed by atoms with Crippen molar-refractivity contribution in [2.75, 3.05) is 20.0 Å². The second kappa shape index (κ2) is 6.09. The first-order chi connectivity index (χ1) is 9.97. The summed E-state index contributed by atoms with van der Waals surface area (Å²) < 4.78 is 37.3. The topological polar surface area (TPSA) is 70.3 Å². The van der Waals surface area contributed by atoms with Gasteiger partial charge in [0.2, 0.25) is 11.8 Å². The number of hydrogen-bond acceptors (Lipinski definition) is 5. The number of alkyl halides is 1. The predicted molar refractivity (Wildman–Crippen MR) is 73.6 cm³/mol. The molecule has 2 aromatic rings. The minimum atomic E-state index is -1.19. The maximum atomic E-state index is 13.9. The number of hydrogen-bond donors (Lipinski definition) is 1. The van der Waals surface area contributed by atoms with Crippen molar-refractivity contribution in [1.82, 2.24) is 9.97 Å². The van der Waals surface area contributed by atoms with Crippen molar-refractivity contribution < 1.29 is 18.3 Å². The number of halogens is 3. The van der Waals surface area contributed by atoms with E-state index in [2.05, 4.69) is 9.97 Å². The van der Waals surface area contributed by atoms with Crippen LogP contribution >= 0.6 is 11.6 Å². The summed E-state index contributed by atoms with van der Waals surface area (Å²) in [5, 5.41) is -1.19. The van der Waals surface area contributed by atoms with Crippen LogP contribution in [0.1, 0.15) is 16.8 Å². The van der Waals surface area contributed by atoms with Crippen LogP contribution in [0, 0.1) is 11.6 Å². The molecule has 21 heavy (non-hydrogen) atoms. The normalized spacial score (nSPS) is 12.0. The van der Waals surface area contributed by atoms with E-state index in [1.165, 1.54) is 20.3 Å². The second-order valence-corrected chi connectivity index (χ2v) is 4.47. The van der Waals surface area contributed by atoms with Gasteiger partial charge in [0.25, 0.3) is 0 Å². The molecule has 0 saturated heterocycles. The third kappa shape index (κ3) is 2.97. The first kappa shape index (κ1) is 15.2. The SMILES string of the molecule is COc1cc(OC)nc(C(Cl)c2c(F)ccc(F)c2N)n1. The van der Waals surface area contributed by atoms with Gasteiger partial charge in [-0.3, -0.25) is 0 Å². The highest BCUT2D eigenvalue weighted by Crippen LogP contribution is 2.35. The number of benzene rings is 1. The molecule has 1 heterocycles. The van der Waals surface area contributed by atoms with Crippen LogP contribution in [0.5, 0.6) is 11.8 Å². The van der Waals surface area contributed by atoms with Crippen LogP contribution in [0.3, 0.4) is 0 Å². The summed E-state index contributed by atoms with van der Waals surface area (Å²) >= 11 is 6.15. The fourth-order valence-corrected chi connectivity index (χ4v) is 2.03. The molecule has 2 rings (SSSR count). The van der Waals surface area contributed by atoms with E-state index in [0.29, 0.717) is 0 Å². The number of nitrogens with two attached hydrogens (primary N) is 1. The van der Waals surface area contributed by atoms with Crippen LogP contribution in [0.15, 0.2) is 18.2 Å². The number of methoxy groups -OCH3 is 2. The summed E-state index contributed by atoms with van der Waals surface area (Å²) in [5.41, 5.74) is 4.93. The van der Waals surface area contributed by atoms with Gasteiger partial charge in [-0.2, -0.15) is 9.97 Å². The van der Waals surface area contributed by atoms with Crippen LogP contribution < -0.4 is 15.2 Å². The Hall–Kier alpha value is -2.15. The van der Waals surface area contributed by atoms with Gasteiger partial charge >= 0.3 is 0 Å². The molecule has 1 atom stereocenters. The van der Waals surface area contributed by atoms with E-state index in [1.54, 1.807) is 0 Å². The summed E-state index contributed by atoms with van der Waals surface area (Å²) in [5.74, 6) is -1.17. The van der Waals surface area contributed by atoms with Gasteiger partial charge < -0.3 is 15.2 Å². The Balaban J connectivity index is 2.54. The number of anilines is 1. The summed E-state index contributed by atoms with van der Waals surface area (Å²) in [6.07, 6.45) is 0. The van der Waals surface area contributed by atoms with E-state index in [9.17, 15) is 8.78 Å². The molecule has 1 aromatic carbocycles. The molecule has 2 N–H and O–H groups in total. The molecular formula is C13H12ClF2N3O2. The van der Waals surface area contributed by atoms with Crippen molar-refractivity contribution in [3.8, 4) is 11.8 Å². The van der Waals surface area contributed by atoms with E-state index in [-0.39, 0.29) is 28.8 Å². The monoisotopic (exact) mass is 315 g/mol. The van der Waals surface area contributed by atoms with Crippen LogP contribution in [0.4, 0.5) is 14.5 Å². The smallest absolute Gasteiger partial charge is 0.220 e. The predicted octanol–water partition coefficient (Wildman–Crippen LogP) is 2.68. The Morgan fingerprint density at radius 2 is 1.62 bits per heavy atom. The molecule has 0 aliphatic carbocycles. The zero-order valence-electron chi connectivity index (χ0n) is 11.2. The lowest BCUT2D eigenvalue weighted by molar-refractivity contribution is 0.368. The zero-order valence-corrected chi connectivity index (χ0v) is 12.0. The van der Waals surface area contributed by atoms with Gasteiger partial charge in [0.15, 0.2) is 5.82 Å². The summed E-state index contributed by atoms with van der Waals surface area (Å²) in [4.78, 5) is 8.00. The van der Waals surface area contributed by atoms with Crippen LogP contribution in [0.25, 0.3) is 0 Å². The largest absolute Gasteiger partial charge is 0.481 e. The molecule has 0 radical (unpaired) electrons. The van der Waals surface area contributed by atoms with E-state index >= 15 is 0 Å². The van der Waals surface area contributed by atoms with Crippen molar-refractivity contribution in [1.29, 1.82) is 0 Å². The number of aromatic nitrogens is 2.